The summed E-state index contributed by atoms with van der Waals surface area (Å²) in [7, 11) is 0. The molecule has 2 unspecified atom stereocenters. The first-order chi connectivity index (χ1) is 7.59. The third-order valence-electron chi connectivity index (χ3n) is 3.25. The molecule has 5 heteroatoms. The molecule has 1 saturated heterocycles. The molecule has 0 bridgehead atoms. The van der Waals surface area contributed by atoms with E-state index in [0.29, 0.717) is 11.8 Å². The second-order valence-electron chi connectivity index (χ2n) is 4.45. The number of carbonyl (C=O) groups excluding carboxylic acids is 1. The molecule has 2 atom stereocenters. The van der Waals surface area contributed by atoms with E-state index in [-0.39, 0.29) is 11.8 Å². The molecular weight excluding hydrogens is 206 g/mol. The highest BCUT2D eigenvalue weighted by molar-refractivity contribution is 5.92. The van der Waals surface area contributed by atoms with E-state index in [9.17, 15) is 4.79 Å². The molecule has 88 valence electrons. The van der Waals surface area contributed by atoms with Gasteiger partial charge in [0.05, 0.1) is 11.6 Å². The largest absolute Gasteiger partial charge is 0.338 e. The first-order valence-corrected chi connectivity index (χ1v) is 5.54. The fraction of sp³-hybridized carbons (Fsp3) is 0.636. The molecule has 2 rings (SSSR count). The summed E-state index contributed by atoms with van der Waals surface area (Å²) < 4.78 is 5.06. The van der Waals surface area contributed by atoms with Crippen molar-refractivity contribution in [2.24, 2.45) is 11.8 Å². The van der Waals surface area contributed by atoms with E-state index in [4.69, 9.17) is 4.52 Å². The van der Waals surface area contributed by atoms with Crippen molar-refractivity contribution in [3.05, 3.63) is 11.3 Å². The molecule has 16 heavy (non-hydrogen) atoms. The van der Waals surface area contributed by atoms with Gasteiger partial charge in [-0.1, -0.05) is 12.1 Å². The minimum Gasteiger partial charge on any atom is -0.338 e. The lowest BCUT2D eigenvalue weighted by Gasteiger charge is -2.12. The van der Waals surface area contributed by atoms with Crippen LogP contribution in [0.1, 0.15) is 18.2 Å². The van der Waals surface area contributed by atoms with E-state index < -0.39 is 0 Å². The standard InChI is InChI=1S/C11H17N3O2/c1-6-4-12-5-9(6)10(15)13-11-7(2)8(3)14-16-11/h6,9,12H,4-5H2,1-3H3,(H,13,15). The average molecular weight is 223 g/mol. The van der Waals surface area contributed by atoms with Crippen molar-refractivity contribution < 1.29 is 9.32 Å². The van der Waals surface area contributed by atoms with Gasteiger partial charge in [-0.3, -0.25) is 10.1 Å². The molecule has 1 amide bonds. The Morgan fingerprint density at radius 3 is 2.75 bits per heavy atom. The molecule has 1 aliphatic rings. The van der Waals surface area contributed by atoms with Crippen LogP contribution in [0, 0.1) is 25.7 Å². The van der Waals surface area contributed by atoms with Gasteiger partial charge >= 0.3 is 0 Å². The fourth-order valence-corrected chi connectivity index (χ4v) is 1.90. The molecule has 0 saturated carbocycles. The van der Waals surface area contributed by atoms with Gasteiger partial charge in [0.2, 0.25) is 11.8 Å². The van der Waals surface area contributed by atoms with Gasteiger partial charge in [0, 0.05) is 12.1 Å². The second-order valence-corrected chi connectivity index (χ2v) is 4.45. The summed E-state index contributed by atoms with van der Waals surface area (Å²) >= 11 is 0. The van der Waals surface area contributed by atoms with Crippen molar-refractivity contribution >= 4 is 11.8 Å². The van der Waals surface area contributed by atoms with Gasteiger partial charge in [-0.25, -0.2) is 0 Å². The molecule has 0 aliphatic carbocycles. The number of hydrogen-bond donors (Lipinski definition) is 2. The van der Waals surface area contributed by atoms with Gasteiger partial charge in [0.25, 0.3) is 0 Å². The first kappa shape index (κ1) is 11.1. The van der Waals surface area contributed by atoms with Crippen molar-refractivity contribution in [3.63, 3.8) is 0 Å². The highest BCUT2D eigenvalue weighted by atomic mass is 16.5. The number of aromatic nitrogens is 1. The molecule has 2 heterocycles. The van der Waals surface area contributed by atoms with Crippen LogP contribution in [0.3, 0.4) is 0 Å². The summed E-state index contributed by atoms with van der Waals surface area (Å²) in [6, 6.07) is 0. The SMILES string of the molecule is Cc1noc(NC(=O)C2CNCC2C)c1C. The smallest absolute Gasteiger partial charge is 0.234 e. The number of nitrogens with zero attached hydrogens (tertiary/aromatic N) is 1. The van der Waals surface area contributed by atoms with E-state index in [0.717, 1.165) is 24.3 Å². The van der Waals surface area contributed by atoms with E-state index in [1.165, 1.54) is 0 Å². The summed E-state index contributed by atoms with van der Waals surface area (Å²) in [5, 5.41) is 9.81. The molecule has 2 N–H and O–H groups in total. The monoisotopic (exact) mass is 223 g/mol. The number of amides is 1. The quantitative estimate of drug-likeness (QED) is 0.787. The minimum absolute atomic E-state index is 0.0109. The third kappa shape index (κ3) is 1.95. The number of carbonyl (C=O) groups is 1. The molecule has 1 fully saturated rings. The third-order valence-corrected chi connectivity index (χ3v) is 3.25. The summed E-state index contributed by atoms with van der Waals surface area (Å²) in [5.41, 5.74) is 1.71. The summed E-state index contributed by atoms with van der Waals surface area (Å²) in [6.07, 6.45) is 0. The Morgan fingerprint density at radius 2 is 2.25 bits per heavy atom. The van der Waals surface area contributed by atoms with E-state index in [1.54, 1.807) is 0 Å². The predicted molar refractivity (Wildman–Crippen MR) is 60.1 cm³/mol. The molecule has 0 spiro atoms. The Labute approximate surface area is 94.6 Å². The van der Waals surface area contributed by atoms with Crippen LogP contribution in [0.5, 0.6) is 0 Å². The second kappa shape index (κ2) is 4.25. The molecule has 0 radical (unpaired) electrons. The number of anilines is 1. The molecule has 1 aromatic heterocycles. The fourth-order valence-electron chi connectivity index (χ4n) is 1.90. The summed E-state index contributed by atoms with van der Waals surface area (Å²) in [6.45, 7) is 7.44. The van der Waals surface area contributed by atoms with Crippen molar-refractivity contribution in [3.8, 4) is 0 Å². The van der Waals surface area contributed by atoms with Crippen molar-refractivity contribution in [2.75, 3.05) is 18.4 Å². The van der Waals surface area contributed by atoms with Gasteiger partial charge in [0.15, 0.2) is 0 Å². The number of nitrogens with one attached hydrogen (secondary N) is 2. The minimum atomic E-state index is 0.0109. The van der Waals surface area contributed by atoms with Gasteiger partial charge < -0.3 is 9.84 Å². The Balaban J connectivity index is 2.05. The van der Waals surface area contributed by atoms with E-state index in [2.05, 4.69) is 22.7 Å². The van der Waals surface area contributed by atoms with Crippen LogP contribution in [0.15, 0.2) is 4.52 Å². The van der Waals surface area contributed by atoms with Gasteiger partial charge in [-0.2, -0.15) is 0 Å². The van der Waals surface area contributed by atoms with Crippen molar-refractivity contribution in [1.29, 1.82) is 0 Å². The van der Waals surface area contributed by atoms with Crippen LogP contribution in [0.2, 0.25) is 0 Å². The molecule has 5 nitrogen and oxygen atoms in total. The highest BCUT2D eigenvalue weighted by Gasteiger charge is 2.30. The maximum Gasteiger partial charge on any atom is 0.234 e. The molecule has 1 aliphatic heterocycles. The van der Waals surface area contributed by atoms with Gasteiger partial charge in [-0.15, -0.1) is 0 Å². The van der Waals surface area contributed by atoms with Crippen LogP contribution >= 0.6 is 0 Å². The van der Waals surface area contributed by atoms with Crippen LogP contribution in [0.4, 0.5) is 5.88 Å². The average Bonchev–Trinajstić information content (AvgIpc) is 2.79. The van der Waals surface area contributed by atoms with Crippen molar-refractivity contribution in [1.82, 2.24) is 10.5 Å². The topological polar surface area (TPSA) is 67.2 Å². The van der Waals surface area contributed by atoms with Gasteiger partial charge in [-0.05, 0) is 26.3 Å². The maximum absolute atomic E-state index is 11.9. The Kier molecular flexibility index (Phi) is 2.96. The number of rotatable bonds is 2. The number of hydrogen-bond acceptors (Lipinski definition) is 4. The Bertz CT molecular complexity index is 400. The van der Waals surface area contributed by atoms with E-state index >= 15 is 0 Å². The number of aryl methyl sites for hydroxylation is 1. The summed E-state index contributed by atoms with van der Waals surface area (Å²) in [4.78, 5) is 11.9. The highest BCUT2D eigenvalue weighted by Crippen LogP contribution is 2.21. The van der Waals surface area contributed by atoms with Crippen LogP contribution in [-0.4, -0.2) is 24.2 Å². The lowest BCUT2D eigenvalue weighted by Crippen LogP contribution is -2.27. The van der Waals surface area contributed by atoms with Crippen LogP contribution < -0.4 is 10.6 Å². The molecule has 0 aromatic carbocycles. The first-order valence-electron chi connectivity index (χ1n) is 5.54. The lowest BCUT2D eigenvalue weighted by molar-refractivity contribution is -0.120. The van der Waals surface area contributed by atoms with Gasteiger partial charge in [0.1, 0.15) is 0 Å². The Hall–Kier alpha value is -1.36. The molecule has 1 aromatic rings. The summed E-state index contributed by atoms with van der Waals surface area (Å²) in [5.74, 6) is 0.868. The maximum atomic E-state index is 11.9. The zero-order valence-corrected chi connectivity index (χ0v) is 9.83. The predicted octanol–water partition coefficient (Wildman–Crippen LogP) is 1.09. The zero-order valence-electron chi connectivity index (χ0n) is 9.83. The lowest BCUT2D eigenvalue weighted by atomic mass is 9.97. The van der Waals surface area contributed by atoms with E-state index in [1.807, 2.05) is 13.8 Å². The van der Waals surface area contributed by atoms with Crippen LogP contribution in [0.25, 0.3) is 0 Å². The zero-order chi connectivity index (χ0) is 11.7. The van der Waals surface area contributed by atoms with Crippen molar-refractivity contribution in [2.45, 2.75) is 20.8 Å². The Morgan fingerprint density at radius 1 is 1.50 bits per heavy atom. The normalized spacial score (nSPS) is 24.7. The van der Waals surface area contributed by atoms with Crippen LogP contribution in [-0.2, 0) is 4.79 Å². The molecular formula is C11H17N3O2.